The van der Waals surface area contributed by atoms with Crippen LogP contribution in [0.5, 0.6) is 0 Å². The van der Waals surface area contributed by atoms with Crippen LogP contribution in [0, 0.1) is 10.1 Å². The highest BCUT2D eigenvalue weighted by atomic mass is 16.6. The highest BCUT2D eigenvalue weighted by Crippen LogP contribution is 2.31. The highest BCUT2D eigenvalue weighted by molar-refractivity contribution is 5.96. The molecule has 0 unspecified atom stereocenters. The minimum absolute atomic E-state index is 0.0773. The summed E-state index contributed by atoms with van der Waals surface area (Å²) >= 11 is 0. The van der Waals surface area contributed by atoms with Crippen LogP contribution in [0.15, 0.2) is 18.2 Å². The van der Waals surface area contributed by atoms with E-state index in [1.807, 2.05) is 0 Å². The van der Waals surface area contributed by atoms with Crippen molar-refractivity contribution in [1.29, 1.82) is 0 Å². The minimum Gasteiger partial charge on any atom is -0.450 e. The molecule has 0 spiro atoms. The van der Waals surface area contributed by atoms with E-state index in [0.717, 1.165) is 12.8 Å². The normalized spacial score (nSPS) is 17.3. The van der Waals surface area contributed by atoms with Gasteiger partial charge in [-0.1, -0.05) is 0 Å². The largest absolute Gasteiger partial charge is 0.450 e. The van der Waals surface area contributed by atoms with Gasteiger partial charge >= 0.3 is 6.09 Å². The molecule has 3 rings (SSSR count). The summed E-state index contributed by atoms with van der Waals surface area (Å²) in [5, 5.41) is 17.3. The van der Waals surface area contributed by atoms with Crippen LogP contribution in [0.1, 0.15) is 43.0 Å². The summed E-state index contributed by atoms with van der Waals surface area (Å²) in [6, 6.07) is 4.71. The van der Waals surface area contributed by atoms with Crippen LogP contribution in [0.3, 0.4) is 0 Å². The van der Waals surface area contributed by atoms with Gasteiger partial charge in [-0.15, -0.1) is 0 Å². The first-order chi connectivity index (χ1) is 13.0. The number of likely N-dealkylation sites (tertiary alicyclic amines) is 1. The van der Waals surface area contributed by atoms with Gasteiger partial charge in [-0.25, -0.2) is 4.79 Å². The lowest BCUT2D eigenvalue weighted by Gasteiger charge is -2.31. The Balaban J connectivity index is 1.59. The Bertz CT molecular complexity index is 726. The summed E-state index contributed by atoms with van der Waals surface area (Å²) in [4.78, 5) is 36.7. The fourth-order valence-electron chi connectivity index (χ4n) is 3.08. The molecular weight excluding hydrogens is 352 g/mol. The molecule has 2 fully saturated rings. The van der Waals surface area contributed by atoms with E-state index in [1.54, 1.807) is 24.0 Å². The second-order valence-electron chi connectivity index (χ2n) is 6.84. The zero-order valence-corrected chi connectivity index (χ0v) is 15.3. The third-order valence-electron chi connectivity index (χ3n) is 4.75. The molecule has 2 aliphatic rings. The number of piperidine rings is 1. The molecule has 1 saturated carbocycles. The number of ether oxygens (including phenoxy) is 1. The molecule has 1 aromatic carbocycles. The molecule has 27 heavy (non-hydrogen) atoms. The van der Waals surface area contributed by atoms with E-state index in [1.165, 1.54) is 6.07 Å². The molecule has 1 aliphatic carbocycles. The molecule has 1 heterocycles. The number of hydrogen-bond donors (Lipinski definition) is 2. The monoisotopic (exact) mass is 376 g/mol. The number of anilines is 1. The Morgan fingerprint density at radius 3 is 2.52 bits per heavy atom. The maximum Gasteiger partial charge on any atom is 0.409 e. The Hall–Kier alpha value is -2.84. The summed E-state index contributed by atoms with van der Waals surface area (Å²) in [6.45, 7) is 3.11. The molecule has 1 aromatic rings. The van der Waals surface area contributed by atoms with Crippen LogP contribution in [0.4, 0.5) is 16.2 Å². The molecule has 146 valence electrons. The van der Waals surface area contributed by atoms with Crippen molar-refractivity contribution in [1.82, 2.24) is 10.2 Å². The lowest BCUT2D eigenvalue weighted by molar-refractivity contribution is -0.384. The molecule has 0 radical (unpaired) electrons. The number of rotatable bonds is 6. The quantitative estimate of drug-likeness (QED) is 0.582. The first kappa shape index (κ1) is 18.9. The van der Waals surface area contributed by atoms with E-state index in [2.05, 4.69) is 10.6 Å². The van der Waals surface area contributed by atoms with Crippen molar-refractivity contribution in [3.05, 3.63) is 33.9 Å². The Morgan fingerprint density at radius 2 is 1.93 bits per heavy atom. The first-order valence-corrected chi connectivity index (χ1v) is 9.25. The molecule has 2 N–H and O–H groups in total. The first-order valence-electron chi connectivity index (χ1n) is 9.25. The molecular formula is C18H24N4O5. The number of hydrogen-bond acceptors (Lipinski definition) is 6. The van der Waals surface area contributed by atoms with Gasteiger partial charge in [0.1, 0.15) is 5.69 Å². The molecule has 9 nitrogen and oxygen atoms in total. The number of nitrogens with zero attached hydrogens (tertiary/aromatic N) is 2. The molecule has 0 atom stereocenters. The predicted octanol–water partition coefficient (Wildman–Crippen LogP) is 2.52. The average Bonchev–Trinajstić information content (AvgIpc) is 3.46. The van der Waals surface area contributed by atoms with Gasteiger partial charge in [-0.2, -0.15) is 0 Å². The lowest BCUT2D eigenvalue weighted by atomic mass is 10.0. The van der Waals surface area contributed by atoms with Crippen LogP contribution >= 0.6 is 0 Å². The van der Waals surface area contributed by atoms with Gasteiger partial charge in [-0.3, -0.25) is 14.9 Å². The highest BCUT2D eigenvalue weighted by Gasteiger charge is 2.27. The maximum atomic E-state index is 12.5. The van der Waals surface area contributed by atoms with Gasteiger partial charge in [0.15, 0.2) is 0 Å². The maximum absolute atomic E-state index is 12.5. The van der Waals surface area contributed by atoms with Crippen LogP contribution in [-0.2, 0) is 4.74 Å². The van der Waals surface area contributed by atoms with Gasteiger partial charge in [0.05, 0.1) is 11.5 Å². The molecule has 1 saturated heterocycles. The number of benzene rings is 1. The average molecular weight is 376 g/mol. The molecule has 1 aliphatic heterocycles. The lowest BCUT2D eigenvalue weighted by Crippen LogP contribution is -2.46. The van der Waals surface area contributed by atoms with Gasteiger partial charge in [0, 0.05) is 36.8 Å². The van der Waals surface area contributed by atoms with E-state index < -0.39 is 4.92 Å². The number of amides is 2. The van der Waals surface area contributed by atoms with Crippen LogP contribution in [-0.4, -0.2) is 53.6 Å². The Labute approximate surface area is 157 Å². The molecule has 0 aromatic heterocycles. The SMILES string of the molecule is CCOC(=O)N1CCC(NC(=O)c2ccc(NC3CC3)c([N+](=O)[O-])c2)CC1. The Kier molecular flexibility index (Phi) is 5.78. The van der Waals surface area contributed by atoms with Gasteiger partial charge in [0.25, 0.3) is 11.6 Å². The fourth-order valence-corrected chi connectivity index (χ4v) is 3.08. The molecule has 9 heteroatoms. The van der Waals surface area contributed by atoms with Crippen molar-refractivity contribution in [2.45, 2.75) is 44.7 Å². The van der Waals surface area contributed by atoms with Crippen LogP contribution in [0.25, 0.3) is 0 Å². The third kappa shape index (κ3) is 4.87. The predicted molar refractivity (Wildman–Crippen MR) is 98.8 cm³/mol. The van der Waals surface area contributed by atoms with Crippen molar-refractivity contribution < 1.29 is 19.2 Å². The minimum atomic E-state index is -0.473. The van der Waals surface area contributed by atoms with E-state index in [0.29, 0.717) is 38.2 Å². The summed E-state index contributed by atoms with van der Waals surface area (Å²) in [6.07, 6.45) is 2.91. The second-order valence-corrected chi connectivity index (χ2v) is 6.84. The summed E-state index contributed by atoms with van der Waals surface area (Å²) < 4.78 is 4.98. The van der Waals surface area contributed by atoms with E-state index in [-0.39, 0.29) is 35.3 Å². The molecule has 2 amide bonds. The van der Waals surface area contributed by atoms with Gasteiger partial charge in [0.2, 0.25) is 0 Å². The number of nitro groups is 1. The number of carbonyl (C=O) groups is 2. The van der Waals surface area contributed by atoms with E-state index in [9.17, 15) is 19.7 Å². The van der Waals surface area contributed by atoms with Crippen LogP contribution in [0.2, 0.25) is 0 Å². The Morgan fingerprint density at radius 1 is 1.22 bits per heavy atom. The van der Waals surface area contributed by atoms with Crippen molar-refractivity contribution in [3.8, 4) is 0 Å². The van der Waals surface area contributed by atoms with Gasteiger partial charge < -0.3 is 20.3 Å². The third-order valence-corrected chi connectivity index (χ3v) is 4.75. The van der Waals surface area contributed by atoms with Crippen LogP contribution < -0.4 is 10.6 Å². The zero-order chi connectivity index (χ0) is 19.4. The number of nitrogens with one attached hydrogen (secondary N) is 2. The summed E-state index contributed by atoms with van der Waals surface area (Å²) in [5.74, 6) is -0.342. The number of carbonyl (C=O) groups excluding carboxylic acids is 2. The van der Waals surface area contributed by atoms with E-state index >= 15 is 0 Å². The number of nitro benzene ring substituents is 1. The molecule has 0 bridgehead atoms. The van der Waals surface area contributed by atoms with Crippen molar-refractivity contribution >= 4 is 23.4 Å². The van der Waals surface area contributed by atoms with E-state index in [4.69, 9.17) is 4.74 Å². The van der Waals surface area contributed by atoms with Gasteiger partial charge in [-0.05, 0) is 44.7 Å². The van der Waals surface area contributed by atoms with Crippen molar-refractivity contribution in [2.24, 2.45) is 0 Å². The smallest absolute Gasteiger partial charge is 0.409 e. The fraction of sp³-hybridized carbons (Fsp3) is 0.556. The standard InChI is InChI=1S/C18H24N4O5/c1-2-27-18(24)21-9-7-14(8-10-21)20-17(23)12-3-6-15(19-13-4-5-13)16(11-12)22(25)26/h3,6,11,13-14,19H,2,4-5,7-10H2,1H3,(H,20,23). The summed E-state index contributed by atoms with van der Waals surface area (Å²) in [5.41, 5.74) is 0.615. The topological polar surface area (TPSA) is 114 Å². The van der Waals surface area contributed by atoms with Crippen molar-refractivity contribution in [2.75, 3.05) is 25.0 Å². The summed E-state index contributed by atoms with van der Waals surface area (Å²) in [7, 11) is 0. The second kappa shape index (κ2) is 8.24. The van der Waals surface area contributed by atoms with Crippen molar-refractivity contribution in [3.63, 3.8) is 0 Å². The zero-order valence-electron chi connectivity index (χ0n) is 15.3.